The molecule has 1 unspecified atom stereocenters. The summed E-state index contributed by atoms with van der Waals surface area (Å²) in [5.41, 5.74) is 9.99. The van der Waals surface area contributed by atoms with E-state index in [1.807, 2.05) is 130 Å². The second kappa shape index (κ2) is 29.1. The molecular weight excluding hydrogens is 1180 g/mol. The molecule has 1 atom stereocenters. The van der Waals surface area contributed by atoms with Gasteiger partial charge in [-0.15, -0.1) is 0 Å². The Balaban J connectivity index is 0.000000162. The summed E-state index contributed by atoms with van der Waals surface area (Å²) in [7, 11) is 0. The fourth-order valence-corrected chi connectivity index (χ4v) is 9.58. The third kappa shape index (κ3) is 15.2. The van der Waals surface area contributed by atoms with E-state index in [1.165, 1.54) is 32.0 Å². The molecule has 12 aromatic rings. The third-order valence-electron chi connectivity index (χ3n) is 13.9. The maximum Gasteiger partial charge on any atom is 0.344 e. The van der Waals surface area contributed by atoms with Gasteiger partial charge < -0.3 is 64.2 Å². The molecule has 0 saturated heterocycles. The predicted molar refractivity (Wildman–Crippen MR) is 347 cm³/mol. The number of aliphatic carboxylic acids is 3. The second-order valence-electron chi connectivity index (χ2n) is 20.0. The highest BCUT2D eigenvalue weighted by atomic mass is 16.5. The van der Waals surface area contributed by atoms with Crippen molar-refractivity contribution in [2.24, 2.45) is 0 Å². The van der Waals surface area contributed by atoms with Crippen LogP contribution in [-0.4, -0.2) is 119 Å². The highest BCUT2D eigenvalue weighted by Gasteiger charge is 2.19. The summed E-state index contributed by atoms with van der Waals surface area (Å²) in [5.74, 6) is 0.391. The number of rotatable bonds is 20. The van der Waals surface area contributed by atoms with Crippen molar-refractivity contribution in [1.29, 1.82) is 0 Å². The summed E-state index contributed by atoms with van der Waals surface area (Å²) in [6.07, 6.45) is 6.50. The number of carbonyl (C=O) groups is 3. The highest BCUT2D eigenvalue weighted by molar-refractivity contribution is 5.86. The van der Waals surface area contributed by atoms with E-state index >= 15 is 0 Å². The standard InChI is InChI=1S/C22H20N4O5.C22H20N4O4.C22H18N4O4.CH4/c1-3-30-17-10-14(13-5-4-6-15(9-13)31-12(2)22(28)29)7-8-16(17)19-25-20-18(21(27)26-19)23-11-24-20;2*1-2-30-17-11-15(14-5-3-4-13(10-14)6-9-18(27)28)7-8-16(17)20-25-21-19(22(29)26-20)23-12-24-21;/h4-12H,3H2,1-2H3,(H,28,29)(H2,23,24,25,26,27);3-5,7-8,10-12H,2,6,9H2,1H3,(H,27,28)(H2,23,24,25,26,29);3-12H,2H2,1H3,(H,27,28)(H2,23,24,25,26,29);1H4/b;;9-6+;. The number of carboxylic acids is 3. The maximum absolute atomic E-state index is 12.3. The molecule has 0 bridgehead atoms. The minimum atomic E-state index is -1.04. The van der Waals surface area contributed by atoms with E-state index in [4.69, 9.17) is 34.3 Å². The van der Waals surface area contributed by atoms with Crippen LogP contribution in [0.2, 0.25) is 0 Å². The van der Waals surface area contributed by atoms with Crippen LogP contribution in [0.4, 0.5) is 0 Å². The number of hydrogen-bond acceptors (Lipinski definition) is 16. The van der Waals surface area contributed by atoms with Crippen molar-refractivity contribution >= 4 is 57.5 Å². The Kier molecular flexibility index (Phi) is 20.3. The topological polar surface area (TPSA) is 372 Å². The Morgan fingerprint density at radius 3 is 1.33 bits per heavy atom. The predicted octanol–water partition coefficient (Wildman–Crippen LogP) is 10.7. The normalized spacial score (nSPS) is 11.3. The van der Waals surface area contributed by atoms with Crippen LogP contribution in [-0.2, 0) is 20.8 Å². The number of benzene rings is 6. The summed E-state index contributed by atoms with van der Waals surface area (Å²) in [4.78, 5) is 112. The SMILES string of the molecule is C.CCOc1cc(-c2cccc(/C=C/C(=O)O)c2)ccc1-c1nc2nc[nH]c2c(=O)[nH]1.CCOc1cc(-c2cccc(CCC(=O)O)c2)ccc1-c1nc2nc[nH]c2c(=O)[nH]1.CCOc1cc(-c2cccc(OC(C)C(=O)O)c2)ccc1-c1nc2nc[nH]c2c(=O)[nH]1. The number of H-pyrrole nitrogens is 6. The van der Waals surface area contributed by atoms with Crippen LogP contribution in [0.15, 0.2) is 167 Å². The molecule has 92 heavy (non-hydrogen) atoms. The fourth-order valence-electron chi connectivity index (χ4n) is 9.58. The van der Waals surface area contributed by atoms with Gasteiger partial charge in [0.05, 0.1) is 55.5 Å². The minimum Gasteiger partial charge on any atom is -0.493 e. The first-order valence-corrected chi connectivity index (χ1v) is 28.5. The van der Waals surface area contributed by atoms with E-state index in [0.29, 0.717) is 117 Å². The smallest absolute Gasteiger partial charge is 0.344 e. The molecule has 6 aromatic carbocycles. The summed E-state index contributed by atoms with van der Waals surface area (Å²) in [6.45, 7) is 8.41. The molecule has 6 aromatic heterocycles. The molecule has 25 nitrogen and oxygen atoms in total. The molecule has 0 aliphatic rings. The quantitative estimate of drug-likeness (QED) is 0.0320. The van der Waals surface area contributed by atoms with Gasteiger partial charge in [-0.05, 0) is 139 Å². The largest absolute Gasteiger partial charge is 0.493 e. The molecule has 0 aliphatic carbocycles. The second-order valence-corrected chi connectivity index (χ2v) is 20.0. The first-order valence-electron chi connectivity index (χ1n) is 28.5. The molecular formula is C67H62N12O13. The lowest BCUT2D eigenvalue weighted by Gasteiger charge is -2.14. The number of aromatic amines is 6. The number of fused-ring (bicyclic) bond motifs is 3. The number of nitrogens with zero attached hydrogens (tertiary/aromatic N) is 6. The Labute approximate surface area is 523 Å². The molecule has 0 amide bonds. The summed E-state index contributed by atoms with van der Waals surface area (Å²) < 4.78 is 22.9. The monoisotopic (exact) mass is 1240 g/mol. The third-order valence-corrected chi connectivity index (χ3v) is 13.9. The van der Waals surface area contributed by atoms with Gasteiger partial charge in [-0.3, -0.25) is 19.2 Å². The van der Waals surface area contributed by atoms with Crippen molar-refractivity contribution in [3.8, 4) is 90.5 Å². The zero-order valence-corrected chi connectivity index (χ0v) is 49.2. The van der Waals surface area contributed by atoms with Gasteiger partial charge >= 0.3 is 17.9 Å². The Hall–Kier alpha value is -12.3. The molecule has 0 saturated carbocycles. The number of imidazole rings is 3. The maximum atomic E-state index is 12.3. The van der Waals surface area contributed by atoms with Crippen LogP contribution in [0.3, 0.4) is 0 Å². The van der Waals surface area contributed by atoms with E-state index in [0.717, 1.165) is 50.6 Å². The molecule has 0 aliphatic heterocycles. The fraction of sp³-hybridized carbons (Fsp3) is 0.164. The lowest BCUT2D eigenvalue weighted by molar-refractivity contribution is -0.144. The number of hydrogen-bond donors (Lipinski definition) is 9. The van der Waals surface area contributed by atoms with E-state index in [9.17, 15) is 28.8 Å². The van der Waals surface area contributed by atoms with Crippen LogP contribution in [0.1, 0.15) is 52.7 Å². The zero-order chi connectivity index (χ0) is 64.1. The molecule has 0 spiro atoms. The molecule has 0 fully saturated rings. The average Bonchev–Trinajstić information content (AvgIpc) is 1.75. The zero-order valence-electron chi connectivity index (χ0n) is 49.2. The van der Waals surface area contributed by atoms with Gasteiger partial charge in [0.25, 0.3) is 16.7 Å². The number of ether oxygens (including phenoxy) is 4. The van der Waals surface area contributed by atoms with E-state index in [2.05, 4.69) is 59.8 Å². The van der Waals surface area contributed by atoms with Crippen molar-refractivity contribution in [2.75, 3.05) is 19.8 Å². The van der Waals surface area contributed by atoms with E-state index in [1.54, 1.807) is 18.2 Å². The molecule has 12 rings (SSSR count). The first kappa shape index (κ1) is 64.2. The molecule has 6 heterocycles. The van der Waals surface area contributed by atoms with Crippen molar-refractivity contribution in [2.45, 2.75) is 54.1 Å². The highest BCUT2D eigenvalue weighted by Crippen LogP contribution is 2.37. The van der Waals surface area contributed by atoms with Crippen molar-refractivity contribution < 1.29 is 48.7 Å². The Morgan fingerprint density at radius 1 is 0.511 bits per heavy atom. The lowest BCUT2D eigenvalue weighted by Crippen LogP contribution is -2.22. The molecule has 9 N–H and O–H groups in total. The lowest BCUT2D eigenvalue weighted by atomic mass is 9.99. The summed E-state index contributed by atoms with van der Waals surface area (Å²) in [6, 6.07) is 39.2. The van der Waals surface area contributed by atoms with Crippen LogP contribution < -0.4 is 35.6 Å². The van der Waals surface area contributed by atoms with Gasteiger partial charge in [0.2, 0.25) is 0 Å². The number of aryl methyl sites for hydroxylation is 1. The minimum absolute atomic E-state index is 0. The van der Waals surface area contributed by atoms with Crippen molar-refractivity contribution in [3.05, 3.63) is 195 Å². The van der Waals surface area contributed by atoms with E-state index in [-0.39, 0.29) is 30.5 Å². The van der Waals surface area contributed by atoms with Crippen molar-refractivity contribution in [1.82, 2.24) is 59.8 Å². The Bertz CT molecular complexity index is 4870. The Morgan fingerprint density at radius 2 is 0.913 bits per heavy atom. The average molecular weight is 1240 g/mol. The summed E-state index contributed by atoms with van der Waals surface area (Å²) >= 11 is 0. The number of nitrogens with one attached hydrogen (secondary N) is 6. The van der Waals surface area contributed by atoms with Gasteiger partial charge in [-0.2, -0.15) is 0 Å². The molecule has 0 radical (unpaired) electrons. The number of aromatic nitrogens is 12. The van der Waals surface area contributed by atoms with Crippen molar-refractivity contribution in [3.63, 3.8) is 0 Å². The van der Waals surface area contributed by atoms with Crippen LogP contribution in [0.5, 0.6) is 23.0 Å². The van der Waals surface area contributed by atoms with Gasteiger partial charge in [0.1, 0.15) is 40.5 Å². The van der Waals surface area contributed by atoms with E-state index < -0.39 is 24.0 Å². The van der Waals surface area contributed by atoms with Crippen LogP contribution >= 0.6 is 0 Å². The van der Waals surface area contributed by atoms with Gasteiger partial charge in [0, 0.05) is 12.5 Å². The molecule has 468 valence electrons. The van der Waals surface area contributed by atoms with Gasteiger partial charge in [0.15, 0.2) is 39.6 Å². The number of carboxylic acid groups (broad SMARTS) is 3. The van der Waals surface area contributed by atoms with Crippen LogP contribution in [0, 0.1) is 0 Å². The van der Waals surface area contributed by atoms with Gasteiger partial charge in [-0.25, -0.2) is 39.5 Å². The first-order chi connectivity index (χ1) is 44.0. The molecule has 25 heteroatoms. The summed E-state index contributed by atoms with van der Waals surface area (Å²) in [5, 5.41) is 26.8. The van der Waals surface area contributed by atoms with Crippen LogP contribution in [0.25, 0.3) is 107 Å². The van der Waals surface area contributed by atoms with Gasteiger partial charge in [-0.1, -0.05) is 80.2 Å².